The lowest BCUT2D eigenvalue weighted by Crippen LogP contribution is -2.13. The van der Waals surface area contributed by atoms with Crippen LogP contribution in [-0.2, 0) is 0 Å². The van der Waals surface area contributed by atoms with Crippen LogP contribution in [0.5, 0.6) is 5.75 Å². The van der Waals surface area contributed by atoms with E-state index in [1.165, 1.54) is 11.3 Å². The molecule has 0 aliphatic rings. The minimum Gasteiger partial charge on any atom is -0.497 e. The number of aryl methyl sites for hydroxylation is 1. The number of carbonyl (C=O) groups is 1. The number of anilines is 1. The first kappa shape index (κ1) is 17.0. The first-order chi connectivity index (χ1) is 12.0. The summed E-state index contributed by atoms with van der Waals surface area (Å²) in [6.07, 6.45) is 0. The number of benzene rings is 2. The lowest BCUT2D eigenvalue weighted by molar-refractivity contribution is 0.102. The summed E-state index contributed by atoms with van der Waals surface area (Å²) in [5.74, 6) is -1.48. The van der Waals surface area contributed by atoms with Gasteiger partial charge in [0.2, 0.25) is 0 Å². The number of hydrogen-bond donors (Lipinski definition) is 1. The van der Waals surface area contributed by atoms with E-state index in [0.29, 0.717) is 10.8 Å². The van der Waals surface area contributed by atoms with E-state index in [9.17, 15) is 13.6 Å². The quantitative estimate of drug-likeness (QED) is 0.736. The normalized spacial score (nSPS) is 10.6. The number of nitrogens with one attached hydrogen (secondary N) is 1. The zero-order chi connectivity index (χ0) is 18.0. The molecule has 0 aliphatic carbocycles. The van der Waals surface area contributed by atoms with E-state index >= 15 is 0 Å². The molecular weight excluding hydrogens is 346 g/mol. The number of methoxy groups -OCH3 is 1. The maximum absolute atomic E-state index is 13.7. The third-order valence-electron chi connectivity index (χ3n) is 3.55. The highest BCUT2D eigenvalue weighted by atomic mass is 32.1. The van der Waals surface area contributed by atoms with Crippen molar-refractivity contribution in [3.63, 3.8) is 0 Å². The Kier molecular flexibility index (Phi) is 4.76. The summed E-state index contributed by atoms with van der Waals surface area (Å²) in [5.41, 5.74) is 1.22. The van der Waals surface area contributed by atoms with E-state index < -0.39 is 17.5 Å². The third-order valence-corrected chi connectivity index (χ3v) is 4.44. The average molecular weight is 360 g/mol. The molecule has 0 saturated heterocycles. The van der Waals surface area contributed by atoms with Crippen LogP contribution >= 0.6 is 11.3 Å². The highest BCUT2D eigenvalue weighted by Crippen LogP contribution is 2.31. The molecule has 2 aromatic carbocycles. The molecule has 1 N–H and O–H groups in total. The fraction of sp³-hybridized carbons (Fsp3) is 0.111. The fourth-order valence-corrected chi connectivity index (χ4v) is 3.13. The standard InChI is InChI=1S/C18H14F2N2O2S/c1-10-16(11-3-6-13(24-2)7-4-11)21-18(25-10)22-17(23)14-9-12(19)5-8-15(14)20/h3-9H,1-2H3,(H,21,22,23). The Balaban J connectivity index is 1.84. The number of nitrogens with zero attached hydrogens (tertiary/aromatic N) is 1. The summed E-state index contributed by atoms with van der Waals surface area (Å²) in [6.45, 7) is 1.87. The molecule has 0 spiro atoms. The smallest absolute Gasteiger partial charge is 0.260 e. The van der Waals surface area contributed by atoms with Crippen molar-refractivity contribution in [2.75, 3.05) is 12.4 Å². The van der Waals surface area contributed by atoms with Crippen LogP contribution in [0, 0.1) is 18.6 Å². The van der Waals surface area contributed by atoms with Gasteiger partial charge in [-0.05, 0) is 49.4 Å². The van der Waals surface area contributed by atoms with Crippen molar-refractivity contribution in [3.05, 3.63) is 64.5 Å². The van der Waals surface area contributed by atoms with E-state index in [0.717, 1.165) is 34.4 Å². The minimum absolute atomic E-state index is 0.317. The molecule has 0 saturated carbocycles. The Bertz CT molecular complexity index is 923. The van der Waals surface area contributed by atoms with Gasteiger partial charge in [0.1, 0.15) is 17.4 Å². The topological polar surface area (TPSA) is 51.2 Å². The number of rotatable bonds is 4. The molecule has 128 valence electrons. The summed E-state index contributed by atoms with van der Waals surface area (Å²) in [5, 5.41) is 2.83. The summed E-state index contributed by atoms with van der Waals surface area (Å²) < 4.78 is 32.0. The van der Waals surface area contributed by atoms with Crippen LogP contribution < -0.4 is 10.1 Å². The van der Waals surface area contributed by atoms with E-state index in [2.05, 4.69) is 10.3 Å². The molecule has 0 bridgehead atoms. The van der Waals surface area contributed by atoms with Gasteiger partial charge in [0.25, 0.3) is 5.91 Å². The lowest BCUT2D eigenvalue weighted by Gasteiger charge is -2.03. The van der Waals surface area contributed by atoms with Gasteiger partial charge < -0.3 is 4.74 Å². The van der Waals surface area contributed by atoms with Crippen molar-refractivity contribution in [2.45, 2.75) is 6.92 Å². The third kappa shape index (κ3) is 3.66. The second kappa shape index (κ2) is 6.98. The number of amides is 1. The maximum Gasteiger partial charge on any atom is 0.260 e. The number of halogens is 2. The fourth-order valence-electron chi connectivity index (χ4n) is 2.30. The van der Waals surface area contributed by atoms with Crippen LogP contribution in [-0.4, -0.2) is 18.0 Å². The van der Waals surface area contributed by atoms with Crippen molar-refractivity contribution in [2.24, 2.45) is 0 Å². The van der Waals surface area contributed by atoms with Crippen LogP contribution in [0.1, 0.15) is 15.2 Å². The number of ether oxygens (including phenoxy) is 1. The van der Waals surface area contributed by atoms with Gasteiger partial charge in [-0.2, -0.15) is 0 Å². The first-order valence-corrected chi connectivity index (χ1v) is 8.18. The van der Waals surface area contributed by atoms with Gasteiger partial charge in [-0.25, -0.2) is 13.8 Å². The molecule has 25 heavy (non-hydrogen) atoms. The van der Waals surface area contributed by atoms with E-state index in [-0.39, 0.29) is 5.56 Å². The molecule has 1 amide bonds. The van der Waals surface area contributed by atoms with Crippen molar-refractivity contribution >= 4 is 22.4 Å². The Morgan fingerprint density at radius 1 is 1.16 bits per heavy atom. The van der Waals surface area contributed by atoms with Gasteiger partial charge in [-0.15, -0.1) is 11.3 Å². The minimum atomic E-state index is -0.789. The Labute approximate surface area is 147 Å². The van der Waals surface area contributed by atoms with Crippen molar-refractivity contribution in [1.29, 1.82) is 0 Å². The molecule has 3 aromatic rings. The Morgan fingerprint density at radius 3 is 2.56 bits per heavy atom. The maximum atomic E-state index is 13.7. The zero-order valence-corrected chi connectivity index (χ0v) is 14.3. The monoisotopic (exact) mass is 360 g/mol. The first-order valence-electron chi connectivity index (χ1n) is 7.36. The molecule has 7 heteroatoms. The lowest BCUT2D eigenvalue weighted by atomic mass is 10.1. The van der Waals surface area contributed by atoms with Gasteiger partial charge in [-0.1, -0.05) is 0 Å². The number of thiazole rings is 1. The van der Waals surface area contributed by atoms with Crippen LogP contribution in [0.15, 0.2) is 42.5 Å². The predicted molar refractivity (Wildman–Crippen MR) is 93.2 cm³/mol. The summed E-state index contributed by atoms with van der Waals surface area (Å²) in [7, 11) is 1.59. The van der Waals surface area contributed by atoms with Gasteiger partial charge >= 0.3 is 0 Å². The molecule has 3 rings (SSSR count). The van der Waals surface area contributed by atoms with Crippen LogP contribution in [0.3, 0.4) is 0 Å². The molecule has 0 atom stereocenters. The summed E-state index contributed by atoms with van der Waals surface area (Å²) >= 11 is 1.26. The van der Waals surface area contributed by atoms with Crippen LogP contribution in [0.25, 0.3) is 11.3 Å². The molecular formula is C18H14F2N2O2S. The number of aromatic nitrogens is 1. The zero-order valence-electron chi connectivity index (χ0n) is 13.5. The highest BCUT2D eigenvalue weighted by molar-refractivity contribution is 7.16. The molecule has 1 aromatic heterocycles. The van der Waals surface area contributed by atoms with Crippen molar-refractivity contribution in [1.82, 2.24) is 4.98 Å². The molecule has 0 unspecified atom stereocenters. The summed E-state index contributed by atoms with van der Waals surface area (Å²) in [6, 6.07) is 10.1. The SMILES string of the molecule is COc1ccc(-c2nc(NC(=O)c3cc(F)ccc3F)sc2C)cc1. The largest absolute Gasteiger partial charge is 0.497 e. The molecule has 0 fully saturated rings. The van der Waals surface area contributed by atoms with Crippen LogP contribution in [0.2, 0.25) is 0 Å². The average Bonchev–Trinajstić information content (AvgIpc) is 2.97. The molecule has 4 nitrogen and oxygen atoms in total. The van der Waals surface area contributed by atoms with E-state index in [4.69, 9.17) is 4.74 Å². The molecule has 0 radical (unpaired) electrons. The van der Waals surface area contributed by atoms with Crippen molar-refractivity contribution in [3.8, 4) is 17.0 Å². The summed E-state index contributed by atoms with van der Waals surface area (Å²) in [4.78, 5) is 17.4. The Hall–Kier alpha value is -2.80. The van der Waals surface area contributed by atoms with Gasteiger partial charge in [-0.3, -0.25) is 10.1 Å². The molecule has 0 aliphatic heterocycles. The van der Waals surface area contributed by atoms with Crippen molar-refractivity contribution < 1.29 is 18.3 Å². The number of hydrogen-bond acceptors (Lipinski definition) is 4. The number of carbonyl (C=O) groups excluding carboxylic acids is 1. The second-order valence-corrected chi connectivity index (χ2v) is 6.43. The van der Waals surface area contributed by atoms with E-state index in [1.807, 2.05) is 31.2 Å². The van der Waals surface area contributed by atoms with Gasteiger partial charge in [0, 0.05) is 10.4 Å². The van der Waals surface area contributed by atoms with E-state index in [1.54, 1.807) is 7.11 Å². The predicted octanol–water partition coefficient (Wildman–Crippen LogP) is 4.66. The molecule has 1 heterocycles. The van der Waals surface area contributed by atoms with Gasteiger partial charge in [0.05, 0.1) is 18.4 Å². The highest BCUT2D eigenvalue weighted by Gasteiger charge is 2.16. The Morgan fingerprint density at radius 2 is 1.88 bits per heavy atom. The second-order valence-electron chi connectivity index (χ2n) is 5.23. The van der Waals surface area contributed by atoms with Gasteiger partial charge in [0.15, 0.2) is 5.13 Å². The van der Waals surface area contributed by atoms with Crippen LogP contribution in [0.4, 0.5) is 13.9 Å².